The summed E-state index contributed by atoms with van der Waals surface area (Å²) in [6.07, 6.45) is 0. The zero-order chi connectivity index (χ0) is 7.00. The minimum absolute atomic E-state index is 0. The molecule has 0 bridgehead atoms. The minimum Gasteiger partial charge on any atom is -0.736 e. The molecule has 0 heterocycles. The molecular formula is CuN4O6S2. The molecule has 0 aromatic rings. The average Bonchev–Trinajstić information content (AvgIpc) is 1.25. The summed E-state index contributed by atoms with van der Waals surface area (Å²) in [6, 6.07) is 0. The van der Waals surface area contributed by atoms with E-state index in [2.05, 4.69) is 0 Å². The Hall–Kier alpha value is 0.179. The molecule has 10 nitrogen and oxygen atoms in total. The van der Waals surface area contributed by atoms with Crippen LogP contribution in [0.5, 0.6) is 0 Å². The van der Waals surface area contributed by atoms with Gasteiger partial charge in [0.25, 0.3) is 0 Å². The maximum absolute atomic E-state index is 9.20. The van der Waals surface area contributed by atoms with Crippen LogP contribution in [-0.2, 0) is 35.4 Å². The van der Waals surface area contributed by atoms with Crippen LogP contribution in [0.2, 0.25) is 0 Å². The van der Waals surface area contributed by atoms with Crippen molar-refractivity contribution in [2.24, 2.45) is 0 Å². The smallest absolute Gasteiger partial charge is 0.736 e. The molecule has 0 amide bonds. The van der Waals surface area contributed by atoms with Crippen molar-refractivity contribution in [3.63, 3.8) is 0 Å². The molecule has 0 saturated heterocycles. The maximum atomic E-state index is 9.20. The van der Waals surface area contributed by atoms with Gasteiger partial charge in [0, 0.05) is 24.6 Å². The van der Waals surface area contributed by atoms with E-state index in [-0.39, 0.29) is 41.7 Å². The van der Waals surface area contributed by atoms with Gasteiger partial charge in [0.1, 0.15) is 0 Å². The van der Waals surface area contributed by atoms with E-state index >= 15 is 0 Å². The Labute approximate surface area is 86.2 Å². The molecule has 0 aliphatic rings. The van der Waals surface area contributed by atoms with Crippen molar-refractivity contribution >= 4 is 18.3 Å². The number of hydrogen-bond acceptors (Lipinski definition) is 6. The zero-order valence-electron chi connectivity index (χ0n) is 5.36. The molecule has 0 aromatic heterocycles. The van der Waals surface area contributed by atoms with Gasteiger partial charge in [0.15, 0.2) is 18.3 Å². The molecule has 0 fully saturated rings. The summed E-state index contributed by atoms with van der Waals surface area (Å²) in [5.41, 5.74) is 0. The van der Waals surface area contributed by atoms with Crippen LogP contribution in [0.1, 0.15) is 0 Å². The third kappa shape index (κ3) is 15.0. The summed E-state index contributed by atoms with van der Waals surface area (Å²) in [5.74, 6) is 0. The Morgan fingerprint density at radius 1 is 0.615 bits per heavy atom. The Bertz CT molecular complexity index is 235. The summed E-state index contributed by atoms with van der Waals surface area (Å²) in [7, 11) is -11.3. The van der Waals surface area contributed by atoms with Crippen LogP contribution >= 0.6 is 0 Å². The van der Waals surface area contributed by atoms with Crippen molar-refractivity contribution in [2.75, 3.05) is 0 Å². The van der Waals surface area contributed by atoms with Crippen LogP contribution in [0.25, 0.3) is 0 Å². The summed E-state index contributed by atoms with van der Waals surface area (Å²) in [4.78, 5) is 0. The molecule has 0 aliphatic heterocycles. The number of hydrogen-bond donors (Lipinski definition) is 0. The van der Waals surface area contributed by atoms with E-state index in [9.17, 15) is 25.9 Å². The molecule has 0 rings (SSSR count). The van der Waals surface area contributed by atoms with Crippen molar-refractivity contribution in [3.05, 3.63) is 0 Å². The standard InChI is InChI=1S/Cu.4N.H2O6S2/c;;;;;1-7(2,3)8(4,5)6/h;;;;;(H,1,2,3)(H,4,5,6)/q+2;;;;;/p-2. The zero-order valence-corrected chi connectivity index (χ0v) is 7.93. The summed E-state index contributed by atoms with van der Waals surface area (Å²) in [5, 5.41) is 0. The molecule has 0 unspecified atom stereocenters. The van der Waals surface area contributed by atoms with Gasteiger partial charge in [0.2, 0.25) is 0 Å². The van der Waals surface area contributed by atoms with Gasteiger partial charge in [-0.05, 0) is 0 Å². The largest absolute Gasteiger partial charge is 2.00 e. The van der Waals surface area contributed by atoms with E-state index in [1.54, 1.807) is 0 Å². The number of rotatable bonds is 1. The first-order valence-corrected chi connectivity index (χ1v) is 4.50. The van der Waals surface area contributed by atoms with Gasteiger partial charge < -0.3 is 9.11 Å². The van der Waals surface area contributed by atoms with Crippen molar-refractivity contribution in [3.8, 4) is 0 Å². The topological polar surface area (TPSA) is 236 Å². The fraction of sp³-hybridized carbons (Fsp3) is 0. The minimum atomic E-state index is -5.67. The second-order valence-corrected chi connectivity index (χ2v) is 4.90. The molecule has 79 valence electrons. The second-order valence-electron chi connectivity index (χ2n) is 0.816. The first kappa shape index (κ1) is 37.9. The van der Waals surface area contributed by atoms with E-state index in [1.165, 1.54) is 0 Å². The van der Waals surface area contributed by atoms with Crippen LogP contribution in [0.4, 0.5) is 0 Å². The van der Waals surface area contributed by atoms with Crippen molar-refractivity contribution in [1.82, 2.24) is 24.6 Å². The Balaban J connectivity index is -0.0000000245. The van der Waals surface area contributed by atoms with E-state index < -0.39 is 18.3 Å². The second kappa shape index (κ2) is 10.3. The molecule has 13 heteroatoms. The van der Waals surface area contributed by atoms with E-state index in [0.717, 1.165) is 0 Å². The van der Waals surface area contributed by atoms with Crippen LogP contribution in [0, 0.1) is 0 Å². The Morgan fingerprint density at radius 2 is 0.692 bits per heavy atom. The molecular weight excluding hydrogens is 280 g/mol. The van der Waals surface area contributed by atoms with E-state index in [1.807, 2.05) is 0 Å². The molecule has 0 atom stereocenters. The van der Waals surface area contributed by atoms with Crippen molar-refractivity contribution in [2.45, 2.75) is 0 Å². The van der Waals surface area contributed by atoms with Gasteiger partial charge in [0.05, 0.1) is 0 Å². The molecule has 0 aliphatic carbocycles. The average molecular weight is 280 g/mol. The van der Waals surface area contributed by atoms with Crippen molar-refractivity contribution in [1.29, 1.82) is 0 Å². The van der Waals surface area contributed by atoms with Gasteiger partial charge >= 0.3 is 17.1 Å². The maximum Gasteiger partial charge on any atom is 2.00 e. The summed E-state index contributed by atoms with van der Waals surface area (Å²) >= 11 is 0. The van der Waals surface area contributed by atoms with Crippen LogP contribution in [0.3, 0.4) is 0 Å². The molecule has 0 aromatic carbocycles. The summed E-state index contributed by atoms with van der Waals surface area (Å²) in [6.45, 7) is 0. The molecule has 0 spiro atoms. The SMILES string of the molecule is O=S(=O)([O-])S(=O)(=O)[O-].[Cu+2].[N].[N].[N].[N]. The predicted octanol–water partition coefficient (Wildman–Crippen LogP) is -3.93. The number of nitrogens with zero attached hydrogens (tertiary/aromatic N) is 4. The first-order valence-electron chi connectivity index (χ1n) is 1.17. The quantitative estimate of drug-likeness (QED) is 0.263. The van der Waals surface area contributed by atoms with Crippen LogP contribution in [-0.4, -0.2) is 25.9 Å². The Kier molecular flexibility index (Phi) is 29.9. The predicted molar refractivity (Wildman–Crippen MR) is 27.9 cm³/mol. The molecule has 13 radical (unpaired) electrons. The molecule has 0 N–H and O–H groups in total. The van der Waals surface area contributed by atoms with Gasteiger partial charge in [-0.25, -0.2) is 16.8 Å². The van der Waals surface area contributed by atoms with Crippen molar-refractivity contribution < 1.29 is 43.0 Å². The van der Waals surface area contributed by atoms with E-state index in [0.29, 0.717) is 0 Å². The van der Waals surface area contributed by atoms with Gasteiger partial charge in [-0.2, -0.15) is 0 Å². The van der Waals surface area contributed by atoms with Gasteiger partial charge in [-0.15, -0.1) is 0 Å². The monoisotopic (exact) mass is 279 g/mol. The molecule has 0 saturated carbocycles. The first-order chi connectivity index (χ1) is 3.25. The van der Waals surface area contributed by atoms with Crippen LogP contribution < -0.4 is 24.6 Å². The van der Waals surface area contributed by atoms with Gasteiger partial charge in [-0.3, -0.25) is 0 Å². The third-order valence-corrected chi connectivity index (χ3v) is 2.25. The summed E-state index contributed by atoms with van der Waals surface area (Å²) < 4.78 is 55.2. The van der Waals surface area contributed by atoms with Crippen LogP contribution in [0.15, 0.2) is 0 Å². The van der Waals surface area contributed by atoms with E-state index in [4.69, 9.17) is 0 Å². The third-order valence-electron chi connectivity index (χ3n) is 0.250. The van der Waals surface area contributed by atoms with Gasteiger partial charge in [-0.1, -0.05) is 0 Å². The fourth-order valence-electron chi connectivity index (χ4n) is 0. The molecule has 13 heavy (non-hydrogen) atoms. The normalized spacial score (nSPS) is 8.46. The Morgan fingerprint density at radius 3 is 0.692 bits per heavy atom. The fourth-order valence-corrected chi connectivity index (χ4v) is 0.